The van der Waals surface area contributed by atoms with Crippen LogP contribution < -0.4 is 4.74 Å². The lowest BCUT2D eigenvalue weighted by atomic mass is 9.92. The number of hydrogen-bond donors (Lipinski definition) is 0. The Bertz CT molecular complexity index is 410. The molecule has 1 unspecified atom stereocenters. The van der Waals surface area contributed by atoms with Crippen molar-refractivity contribution in [2.24, 2.45) is 5.41 Å². The van der Waals surface area contributed by atoms with Crippen LogP contribution in [-0.2, 0) is 11.2 Å². The molecule has 0 saturated heterocycles. The maximum Gasteiger partial charge on any atom is 0.200 e. The van der Waals surface area contributed by atoms with Crippen LogP contribution in [0.3, 0.4) is 0 Å². The van der Waals surface area contributed by atoms with Gasteiger partial charge < -0.3 is 9.47 Å². The zero-order valence-corrected chi connectivity index (χ0v) is 14.0. The smallest absolute Gasteiger partial charge is 0.200 e. The van der Waals surface area contributed by atoms with E-state index in [0.29, 0.717) is 6.10 Å². The Morgan fingerprint density at radius 1 is 1.10 bits per heavy atom. The van der Waals surface area contributed by atoms with Crippen molar-refractivity contribution in [1.29, 1.82) is 0 Å². The Hall–Kier alpha value is -1.02. The summed E-state index contributed by atoms with van der Waals surface area (Å²) in [5.41, 5.74) is 1.54. The second kappa shape index (κ2) is 7.31. The first-order valence-corrected chi connectivity index (χ1v) is 8.37. The molecular formula is C19H30O2. The van der Waals surface area contributed by atoms with Crippen molar-refractivity contribution in [3.8, 4) is 5.75 Å². The summed E-state index contributed by atoms with van der Waals surface area (Å²) in [6.45, 7) is 8.88. The van der Waals surface area contributed by atoms with Crippen molar-refractivity contribution in [2.75, 3.05) is 0 Å². The van der Waals surface area contributed by atoms with Gasteiger partial charge in [0.05, 0.1) is 6.10 Å². The molecule has 1 aliphatic rings. The topological polar surface area (TPSA) is 18.5 Å². The van der Waals surface area contributed by atoms with Crippen LogP contribution in [0.15, 0.2) is 24.3 Å². The zero-order chi connectivity index (χ0) is 15.3. The Labute approximate surface area is 129 Å². The molecule has 0 heterocycles. The Morgan fingerprint density at radius 2 is 1.71 bits per heavy atom. The monoisotopic (exact) mass is 290 g/mol. The predicted molar refractivity (Wildman–Crippen MR) is 87.6 cm³/mol. The molecule has 0 bridgehead atoms. The highest BCUT2D eigenvalue weighted by Crippen LogP contribution is 2.29. The summed E-state index contributed by atoms with van der Waals surface area (Å²) in [4.78, 5) is 0. The lowest BCUT2D eigenvalue weighted by Gasteiger charge is -2.29. The van der Waals surface area contributed by atoms with Gasteiger partial charge in [0.2, 0.25) is 6.29 Å². The quantitative estimate of drug-likeness (QED) is 0.657. The lowest BCUT2D eigenvalue weighted by molar-refractivity contribution is -0.132. The van der Waals surface area contributed by atoms with Gasteiger partial charge in [-0.15, -0.1) is 0 Å². The summed E-state index contributed by atoms with van der Waals surface area (Å²) in [6, 6.07) is 8.40. The van der Waals surface area contributed by atoms with E-state index >= 15 is 0 Å². The number of hydrogen-bond acceptors (Lipinski definition) is 2. The molecule has 0 N–H and O–H groups in total. The minimum absolute atomic E-state index is 0.138. The third kappa shape index (κ3) is 5.70. The van der Waals surface area contributed by atoms with Crippen LogP contribution >= 0.6 is 0 Å². The van der Waals surface area contributed by atoms with E-state index in [4.69, 9.17) is 9.47 Å². The molecule has 21 heavy (non-hydrogen) atoms. The molecule has 0 aromatic heterocycles. The van der Waals surface area contributed by atoms with Gasteiger partial charge in [0.25, 0.3) is 0 Å². The SMILES string of the molecule is CCc1ccc(OC(CC(C)(C)C)OC2CCCC2)cc1. The van der Waals surface area contributed by atoms with Crippen LogP contribution in [0.25, 0.3) is 0 Å². The second-order valence-corrected chi connectivity index (χ2v) is 7.35. The third-order valence-electron chi connectivity index (χ3n) is 4.02. The predicted octanol–water partition coefficient (Wildman–Crippen LogP) is 5.35. The van der Waals surface area contributed by atoms with E-state index in [1.54, 1.807) is 0 Å². The summed E-state index contributed by atoms with van der Waals surface area (Å²) in [7, 11) is 0. The molecule has 0 amide bonds. The Morgan fingerprint density at radius 3 is 2.24 bits per heavy atom. The number of rotatable bonds is 6. The fourth-order valence-electron chi connectivity index (χ4n) is 2.81. The molecule has 0 aliphatic heterocycles. The van der Waals surface area contributed by atoms with Crippen molar-refractivity contribution in [3.63, 3.8) is 0 Å². The highest BCUT2D eigenvalue weighted by Gasteiger charge is 2.26. The summed E-state index contributed by atoms with van der Waals surface area (Å²) in [5, 5.41) is 0. The number of benzene rings is 1. The van der Waals surface area contributed by atoms with E-state index in [2.05, 4.69) is 52.0 Å². The number of aryl methyl sites for hydroxylation is 1. The zero-order valence-electron chi connectivity index (χ0n) is 14.0. The van der Waals surface area contributed by atoms with Gasteiger partial charge in [-0.2, -0.15) is 0 Å². The molecule has 1 atom stereocenters. The molecule has 2 heteroatoms. The molecule has 1 aromatic carbocycles. The minimum Gasteiger partial charge on any atom is -0.465 e. The standard InChI is InChI=1S/C19H30O2/c1-5-15-10-12-17(13-11-15)21-18(14-19(2,3)4)20-16-8-6-7-9-16/h10-13,16,18H,5-9,14H2,1-4H3. The van der Waals surface area contributed by atoms with Gasteiger partial charge in [-0.05, 0) is 42.4 Å². The van der Waals surface area contributed by atoms with Crippen LogP contribution in [-0.4, -0.2) is 12.4 Å². The molecule has 1 saturated carbocycles. The first-order valence-electron chi connectivity index (χ1n) is 8.37. The van der Waals surface area contributed by atoms with E-state index in [1.165, 1.54) is 31.2 Å². The fourth-order valence-corrected chi connectivity index (χ4v) is 2.81. The van der Waals surface area contributed by atoms with Gasteiger partial charge in [-0.3, -0.25) is 0 Å². The van der Waals surface area contributed by atoms with E-state index in [-0.39, 0.29) is 11.7 Å². The Kier molecular flexibility index (Phi) is 5.69. The average molecular weight is 290 g/mol. The molecule has 2 nitrogen and oxygen atoms in total. The first-order chi connectivity index (χ1) is 9.96. The van der Waals surface area contributed by atoms with Gasteiger partial charge in [0.15, 0.2) is 0 Å². The van der Waals surface area contributed by atoms with Crippen LogP contribution in [0.2, 0.25) is 0 Å². The first kappa shape index (κ1) is 16.4. The largest absolute Gasteiger partial charge is 0.465 e. The molecule has 0 radical (unpaired) electrons. The molecule has 1 fully saturated rings. The molecular weight excluding hydrogens is 260 g/mol. The van der Waals surface area contributed by atoms with E-state index < -0.39 is 0 Å². The maximum absolute atomic E-state index is 6.23. The van der Waals surface area contributed by atoms with Crippen LogP contribution in [0, 0.1) is 5.41 Å². The molecule has 1 aliphatic carbocycles. The van der Waals surface area contributed by atoms with Crippen LogP contribution in [0.1, 0.15) is 65.4 Å². The summed E-state index contributed by atoms with van der Waals surface area (Å²) < 4.78 is 12.4. The van der Waals surface area contributed by atoms with Crippen molar-refractivity contribution < 1.29 is 9.47 Å². The van der Waals surface area contributed by atoms with Gasteiger partial charge in [-0.1, -0.05) is 52.7 Å². The Balaban J connectivity index is 1.99. The molecule has 118 valence electrons. The normalized spacial score (nSPS) is 17.9. The minimum atomic E-state index is -0.138. The van der Waals surface area contributed by atoms with Crippen molar-refractivity contribution in [2.45, 2.75) is 78.6 Å². The second-order valence-electron chi connectivity index (χ2n) is 7.35. The van der Waals surface area contributed by atoms with Gasteiger partial charge in [-0.25, -0.2) is 0 Å². The summed E-state index contributed by atoms with van der Waals surface area (Å²) in [5.74, 6) is 0.916. The molecule has 0 spiro atoms. The van der Waals surface area contributed by atoms with Crippen LogP contribution in [0.5, 0.6) is 5.75 Å². The van der Waals surface area contributed by atoms with Gasteiger partial charge in [0.1, 0.15) is 5.75 Å². The van der Waals surface area contributed by atoms with E-state index in [0.717, 1.165) is 18.6 Å². The van der Waals surface area contributed by atoms with Crippen LogP contribution in [0.4, 0.5) is 0 Å². The van der Waals surface area contributed by atoms with Gasteiger partial charge in [0, 0.05) is 6.42 Å². The van der Waals surface area contributed by atoms with Crippen molar-refractivity contribution in [3.05, 3.63) is 29.8 Å². The molecule has 2 rings (SSSR count). The number of ether oxygens (including phenoxy) is 2. The van der Waals surface area contributed by atoms with Gasteiger partial charge >= 0.3 is 0 Å². The maximum atomic E-state index is 6.23. The summed E-state index contributed by atoms with van der Waals surface area (Å²) in [6.07, 6.45) is 7.16. The highest BCUT2D eigenvalue weighted by atomic mass is 16.7. The third-order valence-corrected chi connectivity index (χ3v) is 4.02. The molecule has 1 aromatic rings. The fraction of sp³-hybridized carbons (Fsp3) is 0.684. The highest BCUT2D eigenvalue weighted by molar-refractivity contribution is 5.27. The van der Waals surface area contributed by atoms with Crippen molar-refractivity contribution >= 4 is 0 Å². The van der Waals surface area contributed by atoms with E-state index in [1.807, 2.05) is 0 Å². The van der Waals surface area contributed by atoms with Crippen molar-refractivity contribution in [1.82, 2.24) is 0 Å². The average Bonchev–Trinajstić information content (AvgIpc) is 2.90. The lowest BCUT2D eigenvalue weighted by Crippen LogP contribution is -2.30. The summed E-state index contributed by atoms with van der Waals surface area (Å²) >= 11 is 0. The van der Waals surface area contributed by atoms with E-state index in [9.17, 15) is 0 Å².